The third-order valence-electron chi connectivity index (χ3n) is 6.00. The van der Waals surface area contributed by atoms with Gasteiger partial charge in [-0.2, -0.15) is 0 Å². The fourth-order valence-corrected chi connectivity index (χ4v) is 4.57. The number of Topliss-reactive ketones (excluding diaryl/α,β-unsaturated/α-hetero) is 2. The van der Waals surface area contributed by atoms with Crippen molar-refractivity contribution in [2.24, 2.45) is 0 Å². The van der Waals surface area contributed by atoms with Crippen LogP contribution in [-0.4, -0.2) is 51.5 Å². The van der Waals surface area contributed by atoms with Gasteiger partial charge < -0.3 is 29.5 Å². The van der Waals surface area contributed by atoms with E-state index in [0.717, 1.165) is 6.07 Å². The normalized spacial score (nSPS) is 33.3. The Balaban J connectivity index is 1.87. The van der Waals surface area contributed by atoms with E-state index in [-0.39, 0.29) is 33.8 Å². The molecule has 1 fully saturated rings. The lowest BCUT2D eigenvalue weighted by molar-refractivity contribution is -0.307. The van der Waals surface area contributed by atoms with Gasteiger partial charge >= 0.3 is 0 Å². The van der Waals surface area contributed by atoms with Crippen LogP contribution in [-0.2, 0) is 15.1 Å². The average Bonchev–Trinajstić information content (AvgIpc) is 3.07. The summed E-state index contributed by atoms with van der Waals surface area (Å²) in [6.45, 7) is 4.34. The quantitative estimate of drug-likeness (QED) is 0.539. The van der Waals surface area contributed by atoms with Crippen LogP contribution < -0.4 is 14.9 Å². The van der Waals surface area contributed by atoms with E-state index in [0.29, 0.717) is 11.3 Å². The topological polar surface area (TPSA) is 140 Å². The van der Waals surface area contributed by atoms with Crippen molar-refractivity contribution in [3.8, 4) is 11.5 Å². The molecule has 5 atom stereocenters. The molecular formula is C21H18O9. The fourth-order valence-electron chi connectivity index (χ4n) is 4.57. The van der Waals surface area contributed by atoms with Crippen LogP contribution in [0.15, 0.2) is 28.3 Å². The number of ether oxygens (including phenoxy) is 3. The van der Waals surface area contributed by atoms with Crippen molar-refractivity contribution in [3.63, 3.8) is 0 Å². The summed E-state index contributed by atoms with van der Waals surface area (Å²) in [5.41, 5.74) is -3.18. The van der Waals surface area contributed by atoms with Gasteiger partial charge in [-0.15, -0.1) is 0 Å². The molecule has 5 unspecified atom stereocenters. The van der Waals surface area contributed by atoms with Crippen molar-refractivity contribution in [2.45, 2.75) is 51.0 Å². The lowest BCUT2D eigenvalue weighted by Crippen LogP contribution is -2.63. The van der Waals surface area contributed by atoms with E-state index in [9.17, 15) is 29.7 Å². The van der Waals surface area contributed by atoms with Gasteiger partial charge in [-0.1, -0.05) is 0 Å². The predicted octanol–water partition coefficient (Wildman–Crippen LogP) is -0.0715. The number of hydrogen-bond donors (Lipinski definition) is 3. The van der Waals surface area contributed by atoms with Crippen molar-refractivity contribution in [1.82, 2.24) is 0 Å². The molecule has 9 heteroatoms. The molecule has 0 radical (unpaired) electrons. The molecule has 3 heterocycles. The van der Waals surface area contributed by atoms with Gasteiger partial charge in [0, 0.05) is 16.7 Å². The number of ketones is 2. The van der Waals surface area contributed by atoms with Gasteiger partial charge in [-0.3, -0.25) is 14.4 Å². The number of allylic oxidation sites excluding steroid dienone is 4. The third kappa shape index (κ3) is 2.12. The van der Waals surface area contributed by atoms with Crippen molar-refractivity contribution in [2.75, 3.05) is 0 Å². The summed E-state index contributed by atoms with van der Waals surface area (Å²) in [6.07, 6.45) is -4.11. The van der Waals surface area contributed by atoms with Crippen LogP contribution in [0.2, 0.25) is 0 Å². The Kier molecular flexibility index (Phi) is 3.73. The average molecular weight is 414 g/mol. The first-order chi connectivity index (χ1) is 14.1. The van der Waals surface area contributed by atoms with E-state index < -0.39 is 47.2 Å². The Morgan fingerprint density at radius 1 is 1.20 bits per heavy atom. The Labute approximate surface area is 169 Å². The van der Waals surface area contributed by atoms with E-state index in [1.54, 1.807) is 6.92 Å². The van der Waals surface area contributed by atoms with Crippen LogP contribution in [0.25, 0.3) is 5.57 Å². The summed E-state index contributed by atoms with van der Waals surface area (Å²) >= 11 is 0. The minimum atomic E-state index is -2.38. The number of hydrogen-bond acceptors (Lipinski definition) is 9. The standard InChI is InChI=1S/C21H18O9/c1-6-4-9-12(7(2)22)16(25)10-5-11(23)14-18(17(28-6)13(9)10)30-20-21(14,27)19(26)15(24)8(3)29-20/h4-5,8,15,19-20,24,26-27H,1-3H3. The molecule has 0 bridgehead atoms. The smallest absolute Gasteiger partial charge is 0.236 e. The first kappa shape index (κ1) is 19.1. The van der Waals surface area contributed by atoms with Crippen LogP contribution in [0.4, 0.5) is 0 Å². The molecule has 9 nitrogen and oxygen atoms in total. The maximum absolute atomic E-state index is 13.1. The molecule has 1 aromatic rings. The van der Waals surface area contributed by atoms with Gasteiger partial charge in [0.1, 0.15) is 18.0 Å². The molecule has 156 valence electrons. The van der Waals surface area contributed by atoms with Crippen molar-refractivity contribution < 1.29 is 39.1 Å². The summed E-state index contributed by atoms with van der Waals surface area (Å²) in [4.78, 5) is 38.2. The molecule has 1 aliphatic carbocycles. The van der Waals surface area contributed by atoms with Gasteiger partial charge in [0.2, 0.25) is 6.29 Å². The second kappa shape index (κ2) is 5.86. The summed E-state index contributed by atoms with van der Waals surface area (Å²) < 4.78 is 17.0. The fraction of sp³-hybridized carbons (Fsp3) is 0.381. The first-order valence-corrected chi connectivity index (χ1v) is 9.40. The molecule has 5 rings (SSSR count). The van der Waals surface area contributed by atoms with Gasteiger partial charge in [0.15, 0.2) is 34.1 Å². The third-order valence-corrected chi connectivity index (χ3v) is 6.00. The summed E-state index contributed by atoms with van der Waals surface area (Å²) in [7, 11) is 0. The second-order valence-electron chi connectivity index (χ2n) is 7.91. The lowest BCUT2D eigenvalue weighted by atomic mass is 9.82. The molecule has 3 N–H and O–H groups in total. The second-order valence-corrected chi connectivity index (χ2v) is 7.91. The Morgan fingerprint density at radius 3 is 2.57 bits per heavy atom. The van der Waals surface area contributed by atoms with E-state index in [4.69, 9.17) is 14.2 Å². The van der Waals surface area contributed by atoms with E-state index >= 15 is 0 Å². The molecule has 0 aromatic heterocycles. The van der Waals surface area contributed by atoms with Crippen molar-refractivity contribution in [3.05, 3.63) is 50.4 Å². The van der Waals surface area contributed by atoms with Crippen molar-refractivity contribution in [1.29, 1.82) is 0 Å². The molecule has 0 saturated carbocycles. The van der Waals surface area contributed by atoms with Gasteiger partial charge in [-0.25, -0.2) is 0 Å². The molecular weight excluding hydrogens is 396 g/mol. The highest BCUT2D eigenvalue weighted by atomic mass is 16.7. The molecule has 0 amide bonds. The number of rotatable bonds is 1. The van der Waals surface area contributed by atoms with E-state index in [1.807, 2.05) is 0 Å². The van der Waals surface area contributed by atoms with E-state index in [1.165, 1.54) is 19.9 Å². The van der Waals surface area contributed by atoms with Crippen molar-refractivity contribution >= 4 is 17.1 Å². The largest absolute Gasteiger partial charge is 0.457 e. The molecule has 1 aromatic carbocycles. The summed E-state index contributed by atoms with van der Waals surface area (Å²) in [5, 5.41) is 32.1. The highest BCUT2D eigenvalue weighted by molar-refractivity contribution is 6.36. The number of fused-ring (bicyclic) bond motifs is 4. The van der Waals surface area contributed by atoms with Crippen LogP contribution >= 0.6 is 0 Å². The Hall–Kier alpha value is -2.85. The molecule has 1 saturated heterocycles. The zero-order valence-electron chi connectivity index (χ0n) is 16.3. The molecule has 0 spiro atoms. The van der Waals surface area contributed by atoms with Gasteiger partial charge in [0.05, 0.1) is 17.2 Å². The minimum absolute atomic E-state index is 0.0255. The van der Waals surface area contributed by atoms with Crippen LogP contribution in [0.3, 0.4) is 0 Å². The molecule has 3 aliphatic heterocycles. The number of aliphatic hydroxyl groups is 3. The maximum atomic E-state index is 13.1. The van der Waals surface area contributed by atoms with Crippen LogP contribution in [0.1, 0.15) is 42.3 Å². The molecule has 30 heavy (non-hydrogen) atoms. The van der Waals surface area contributed by atoms with E-state index in [2.05, 4.69) is 0 Å². The first-order valence-electron chi connectivity index (χ1n) is 9.40. The lowest BCUT2D eigenvalue weighted by Gasteiger charge is -2.42. The summed E-state index contributed by atoms with van der Waals surface area (Å²) in [5.74, 6) is -0.984. The number of carbonyl (C=O) groups is 2. The molecule has 4 aliphatic rings. The summed E-state index contributed by atoms with van der Waals surface area (Å²) in [6, 6.07) is 0.995. The van der Waals surface area contributed by atoms with Crippen LogP contribution in [0.5, 0.6) is 11.5 Å². The monoisotopic (exact) mass is 414 g/mol. The van der Waals surface area contributed by atoms with Gasteiger partial charge in [0.25, 0.3) is 0 Å². The number of aliphatic hydroxyl groups excluding tert-OH is 2. The highest BCUT2D eigenvalue weighted by Gasteiger charge is 2.63. The van der Waals surface area contributed by atoms with Crippen LogP contribution in [0, 0.1) is 0 Å². The number of carbonyl (C=O) groups excluding carboxylic acids is 2. The highest BCUT2D eigenvalue weighted by Crippen LogP contribution is 2.55. The Morgan fingerprint density at radius 2 is 1.90 bits per heavy atom. The zero-order chi connectivity index (χ0) is 21.7. The SMILES string of the molecule is CC(=O)C1=C2C=C(C)Oc3c4c(c(=O)cc(c32)C1=O)C1(O)C(O4)OC(C)C(O)C1O. The van der Waals surface area contributed by atoms with Gasteiger partial charge in [-0.05, 0) is 32.9 Å². The predicted molar refractivity (Wildman–Crippen MR) is 99.9 cm³/mol. The maximum Gasteiger partial charge on any atom is 0.236 e. The Bertz CT molecular complexity index is 1180. The zero-order valence-corrected chi connectivity index (χ0v) is 16.3. The minimum Gasteiger partial charge on any atom is -0.457 e.